The number of amides is 3. The highest BCUT2D eigenvalue weighted by molar-refractivity contribution is 5.98. The molecule has 106 valence electrons. The molecule has 0 radical (unpaired) electrons. The summed E-state index contributed by atoms with van der Waals surface area (Å²) in [6.07, 6.45) is 5.85. The van der Waals surface area contributed by atoms with Crippen LogP contribution in [0.25, 0.3) is 0 Å². The summed E-state index contributed by atoms with van der Waals surface area (Å²) in [5.74, 6) is 0.950. The zero-order valence-corrected chi connectivity index (χ0v) is 11.0. The number of rotatable bonds is 2. The van der Waals surface area contributed by atoms with Gasteiger partial charge in [-0.2, -0.15) is 0 Å². The molecule has 6 heteroatoms. The SMILES string of the molecule is O=C(C1CC2C=CC1C2)N1CC(N2C(=O)COC2=O)C1. The number of hydrogen-bond donors (Lipinski definition) is 0. The predicted octanol–water partition coefficient (Wildman–Crippen LogP) is 0.388. The first-order valence-electron chi connectivity index (χ1n) is 7.09. The van der Waals surface area contributed by atoms with E-state index in [1.54, 1.807) is 4.90 Å². The van der Waals surface area contributed by atoms with E-state index < -0.39 is 6.09 Å². The number of hydrogen-bond acceptors (Lipinski definition) is 4. The molecule has 2 saturated heterocycles. The number of nitrogens with zero attached hydrogens (tertiary/aromatic N) is 2. The topological polar surface area (TPSA) is 66.9 Å². The molecule has 0 aromatic rings. The van der Waals surface area contributed by atoms with Crippen LogP contribution in [0.4, 0.5) is 4.79 Å². The number of ether oxygens (including phenoxy) is 1. The van der Waals surface area contributed by atoms with Crippen LogP contribution in [0.5, 0.6) is 0 Å². The van der Waals surface area contributed by atoms with Gasteiger partial charge in [-0.25, -0.2) is 9.69 Å². The van der Waals surface area contributed by atoms with Gasteiger partial charge in [-0.05, 0) is 24.7 Å². The van der Waals surface area contributed by atoms with Gasteiger partial charge < -0.3 is 9.64 Å². The Morgan fingerprint density at radius 3 is 2.55 bits per heavy atom. The van der Waals surface area contributed by atoms with E-state index in [4.69, 9.17) is 4.74 Å². The molecule has 3 unspecified atom stereocenters. The molecule has 2 heterocycles. The van der Waals surface area contributed by atoms with Gasteiger partial charge in [0.05, 0.1) is 6.04 Å². The minimum absolute atomic E-state index is 0.104. The molecule has 3 fully saturated rings. The van der Waals surface area contributed by atoms with Crippen LogP contribution in [0, 0.1) is 17.8 Å². The van der Waals surface area contributed by atoms with Crippen molar-refractivity contribution < 1.29 is 19.1 Å². The normalized spacial score (nSPS) is 35.7. The Morgan fingerprint density at radius 1 is 1.20 bits per heavy atom. The third-order valence-corrected chi connectivity index (χ3v) is 4.92. The van der Waals surface area contributed by atoms with Gasteiger partial charge in [-0.15, -0.1) is 0 Å². The third kappa shape index (κ3) is 1.60. The second-order valence-corrected chi connectivity index (χ2v) is 6.10. The predicted molar refractivity (Wildman–Crippen MR) is 67.4 cm³/mol. The van der Waals surface area contributed by atoms with E-state index in [2.05, 4.69) is 12.2 Å². The first-order valence-corrected chi connectivity index (χ1v) is 7.09. The van der Waals surface area contributed by atoms with E-state index in [1.807, 2.05) is 0 Å². The van der Waals surface area contributed by atoms with Gasteiger partial charge in [0, 0.05) is 19.0 Å². The fraction of sp³-hybridized carbons (Fsp3) is 0.643. The van der Waals surface area contributed by atoms with Crippen molar-refractivity contribution in [2.75, 3.05) is 19.7 Å². The molecule has 3 atom stereocenters. The number of carbonyl (C=O) groups excluding carboxylic acids is 3. The maximum absolute atomic E-state index is 12.4. The Kier molecular flexibility index (Phi) is 2.43. The summed E-state index contributed by atoms with van der Waals surface area (Å²) < 4.78 is 4.70. The highest BCUT2D eigenvalue weighted by atomic mass is 16.6. The van der Waals surface area contributed by atoms with E-state index in [1.165, 1.54) is 0 Å². The lowest BCUT2D eigenvalue weighted by molar-refractivity contribution is -0.146. The number of cyclic esters (lactones) is 1. The van der Waals surface area contributed by atoms with Crippen LogP contribution in [-0.4, -0.2) is 53.4 Å². The molecule has 0 spiro atoms. The van der Waals surface area contributed by atoms with Crippen molar-refractivity contribution in [3.8, 4) is 0 Å². The maximum atomic E-state index is 12.4. The highest BCUT2D eigenvalue weighted by Crippen LogP contribution is 2.44. The van der Waals surface area contributed by atoms with Gasteiger partial charge in [-0.3, -0.25) is 9.59 Å². The molecule has 0 aromatic heterocycles. The Labute approximate surface area is 116 Å². The second kappa shape index (κ2) is 4.07. The van der Waals surface area contributed by atoms with Gasteiger partial charge in [0.15, 0.2) is 6.61 Å². The quantitative estimate of drug-likeness (QED) is 0.684. The van der Waals surface area contributed by atoms with Crippen LogP contribution in [-0.2, 0) is 14.3 Å². The fourth-order valence-electron chi connectivity index (χ4n) is 3.81. The monoisotopic (exact) mass is 276 g/mol. The molecule has 3 amide bonds. The minimum atomic E-state index is -0.574. The lowest BCUT2D eigenvalue weighted by atomic mass is 9.90. The summed E-state index contributed by atoms with van der Waals surface area (Å²) >= 11 is 0. The highest BCUT2D eigenvalue weighted by Gasteiger charge is 2.48. The van der Waals surface area contributed by atoms with E-state index in [0.29, 0.717) is 24.9 Å². The van der Waals surface area contributed by atoms with Crippen LogP contribution < -0.4 is 0 Å². The first-order chi connectivity index (χ1) is 9.63. The third-order valence-electron chi connectivity index (χ3n) is 4.92. The summed E-state index contributed by atoms with van der Waals surface area (Å²) in [6.45, 7) is 0.745. The lowest BCUT2D eigenvalue weighted by Gasteiger charge is -2.43. The molecule has 2 aliphatic carbocycles. The molecular weight excluding hydrogens is 260 g/mol. The van der Waals surface area contributed by atoms with E-state index in [-0.39, 0.29) is 30.4 Å². The van der Waals surface area contributed by atoms with E-state index >= 15 is 0 Å². The van der Waals surface area contributed by atoms with Crippen LogP contribution in [0.2, 0.25) is 0 Å². The number of allylic oxidation sites excluding steroid dienone is 2. The standard InChI is InChI=1S/C14H16N2O4/c17-12-7-20-14(19)16(12)10-5-15(6-10)13(18)11-4-8-1-2-9(11)3-8/h1-2,8-11H,3-7H2. The molecule has 4 rings (SSSR count). The Hall–Kier alpha value is -1.85. The number of imide groups is 1. The fourth-order valence-corrected chi connectivity index (χ4v) is 3.81. The van der Waals surface area contributed by atoms with Crippen molar-refractivity contribution in [1.82, 2.24) is 9.80 Å². The molecule has 2 aliphatic heterocycles. The number of likely N-dealkylation sites (tertiary alicyclic amines) is 1. The van der Waals surface area contributed by atoms with Gasteiger partial charge in [0.25, 0.3) is 5.91 Å². The van der Waals surface area contributed by atoms with Crippen molar-refractivity contribution >= 4 is 17.9 Å². The van der Waals surface area contributed by atoms with Gasteiger partial charge in [-0.1, -0.05) is 12.2 Å². The average molecular weight is 276 g/mol. The zero-order valence-electron chi connectivity index (χ0n) is 11.0. The molecular formula is C14H16N2O4. The van der Waals surface area contributed by atoms with Gasteiger partial charge in [0.1, 0.15) is 0 Å². The zero-order chi connectivity index (χ0) is 13.9. The molecule has 1 saturated carbocycles. The smallest absolute Gasteiger partial charge is 0.417 e. The van der Waals surface area contributed by atoms with Crippen LogP contribution in [0.3, 0.4) is 0 Å². The summed E-state index contributed by atoms with van der Waals surface area (Å²) in [6, 6.07) is -0.199. The minimum Gasteiger partial charge on any atom is -0.439 e. The van der Waals surface area contributed by atoms with Crippen LogP contribution in [0.15, 0.2) is 12.2 Å². The first kappa shape index (κ1) is 11.9. The second-order valence-electron chi connectivity index (χ2n) is 6.10. The maximum Gasteiger partial charge on any atom is 0.417 e. The van der Waals surface area contributed by atoms with E-state index in [9.17, 15) is 14.4 Å². The summed E-state index contributed by atoms with van der Waals surface area (Å²) in [4.78, 5) is 38.3. The number of fused-ring (bicyclic) bond motifs is 2. The van der Waals surface area contributed by atoms with Crippen molar-refractivity contribution in [1.29, 1.82) is 0 Å². The molecule has 20 heavy (non-hydrogen) atoms. The van der Waals surface area contributed by atoms with Crippen molar-refractivity contribution in [2.24, 2.45) is 17.8 Å². The Balaban J connectivity index is 1.37. The molecule has 6 nitrogen and oxygen atoms in total. The van der Waals surface area contributed by atoms with Gasteiger partial charge in [0.2, 0.25) is 5.91 Å². The van der Waals surface area contributed by atoms with E-state index in [0.717, 1.165) is 17.7 Å². The summed E-state index contributed by atoms with van der Waals surface area (Å²) in [5, 5.41) is 0. The van der Waals surface area contributed by atoms with Crippen LogP contribution in [0.1, 0.15) is 12.8 Å². The van der Waals surface area contributed by atoms with Crippen molar-refractivity contribution in [3.05, 3.63) is 12.2 Å². The lowest BCUT2D eigenvalue weighted by Crippen LogP contribution is -2.63. The summed E-state index contributed by atoms with van der Waals surface area (Å²) in [5.41, 5.74) is 0. The molecule has 2 bridgehead atoms. The van der Waals surface area contributed by atoms with Gasteiger partial charge >= 0.3 is 6.09 Å². The average Bonchev–Trinajstić information content (AvgIpc) is 3.07. The largest absolute Gasteiger partial charge is 0.439 e. The van der Waals surface area contributed by atoms with Crippen molar-refractivity contribution in [3.63, 3.8) is 0 Å². The molecule has 0 aromatic carbocycles. The number of carbonyl (C=O) groups is 3. The Bertz CT molecular complexity index is 507. The molecule has 0 N–H and O–H groups in total. The summed E-state index contributed by atoms with van der Waals surface area (Å²) in [7, 11) is 0. The molecule has 4 aliphatic rings. The Morgan fingerprint density at radius 2 is 2.00 bits per heavy atom. The van der Waals surface area contributed by atoms with Crippen LogP contribution >= 0.6 is 0 Å². The van der Waals surface area contributed by atoms with Crippen molar-refractivity contribution in [2.45, 2.75) is 18.9 Å².